The highest BCUT2D eigenvalue weighted by Gasteiger charge is 2.17. The summed E-state index contributed by atoms with van der Waals surface area (Å²) in [5.74, 6) is 0.926. The molecule has 0 saturated heterocycles. The van der Waals surface area contributed by atoms with Crippen molar-refractivity contribution in [3.05, 3.63) is 58.3 Å². The minimum Gasteiger partial charge on any atom is -0.492 e. The molecule has 0 atom stereocenters. The smallest absolute Gasteiger partial charge is 0.246 e. The number of carbonyl (C=O) groups is 2. The van der Waals surface area contributed by atoms with Gasteiger partial charge >= 0.3 is 0 Å². The lowest BCUT2D eigenvalue weighted by Crippen LogP contribution is -2.26. The van der Waals surface area contributed by atoms with Crippen LogP contribution in [0.3, 0.4) is 0 Å². The first-order chi connectivity index (χ1) is 14.4. The molecule has 0 fully saturated rings. The van der Waals surface area contributed by atoms with Gasteiger partial charge in [-0.1, -0.05) is 23.7 Å². The van der Waals surface area contributed by atoms with E-state index in [1.807, 2.05) is 37.1 Å². The van der Waals surface area contributed by atoms with Crippen molar-refractivity contribution in [3.8, 4) is 5.75 Å². The molecule has 0 saturated carbocycles. The number of rotatable bonds is 6. The summed E-state index contributed by atoms with van der Waals surface area (Å²) in [6.07, 6.45) is 4.87. The standard InChI is InChI=1S/C22H25ClN4O3/c1-4-30-21-16(6-5-7-18(21)23)13-27(3)20(29)9-8-15-10-17-12-26(2)14-19(28)25-22(17)24-11-15/h5-11H,4,12-14H2,1-3H3,(H,24,25,28)/b9-8+. The monoisotopic (exact) mass is 428 g/mol. The molecule has 1 aromatic carbocycles. The first-order valence-electron chi connectivity index (χ1n) is 9.68. The van der Waals surface area contributed by atoms with E-state index < -0.39 is 0 Å². The number of ether oxygens (including phenoxy) is 1. The highest BCUT2D eigenvalue weighted by molar-refractivity contribution is 6.32. The average Bonchev–Trinajstić information content (AvgIpc) is 2.84. The second-order valence-electron chi connectivity index (χ2n) is 7.19. The number of nitrogens with zero attached hydrogens (tertiary/aromatic N) is 3. The van der Waals surface area contributed by atoms with Crippen molar-refractivity contribution in [2.45, 2.75) is 20.0 Å². The molecule has 0 aliphatic carbocycles. The number of nitrogens with one attached hydrogen (secondary N) is 1. The van der Waals surface area contributed by atoms with Crippen LogP contribution in [0.4, 0.5) is 5.82 Å². The third kappa shape index (κ3) is 5.37. The Morgan fingerprint density at radius 1 is 1.40 bits per heavy atom. The van der Waals surface area contributed by atoms with Crippen molar-refractivity contribution in [1.29, 1.82) is 0 Å². The Kier molecular flexibility index (Phi) is 7.07. The minimum atomic E-state index is -0.155. The number of aromatic nitrogens is 1. The summed E-state index contributed by atoms with van der Waals surface area (Å²) >= 11 is 6.22. The molecular weight excluding hydrogens is 404 g/mol. The van der Waals surface area contributed by atoms with E-state index in [2.05, 4.69) is 10.3 Å². The van der Waals surface area contributed by atoms with Gasteiger partial charge in [-0.25, -0.2) is 4.98 Å². The predicted molar refractivity (Wildman–Crippen MR) is 117 cm³/mol. The molecule has 0 bridgehead atoms. The molecule has 1 aromatic heterocycles. The minimum absolute atomic E-state index is 0.0868. The van der Waals surface area contributed by atoms with E-state index in [9.17, 15) is 9.59 Å². The predicted octanol–water partition coefficient (Wildman–Crippen LogP) is 3.19. The van der Waals surface area contributed by atoms with Gasteiger partial charge in [-0.2, -0.15) is 0 Å². The number of para-hydroxylation sites is 1. The van der Waals surface area contributed by atoms with Crippen LogP contribution in [0.1, 0.15) is 23.6 Å². The summed E-state index contributed by atoms with van der Waals surface area (Å²) in [4.78, 5) is 32.2. The Balaban J connectivity index is 1.70. The fraction of sp³-hybridized carbons (Fsp3) is 0.318. The number of hydrogen-bond donors (Lipinski definition) is 1. The number of benzene rings is 1. The van der Waals surface area contributed by atoms with Gasteiger partial charge in [0.2, 0.25) is 11.8 Å². The van der Waals surface area contributed by atoms with Crippen molar-refractivity contribution in [3.63, 3.8) is 0 Å². The van der Waals surface area contributed by atoms with Gasteiger partial charge in [-0.05, 0) is 37.7 Å². The lowest BCUT2D eigenvalue weighted by atomic mass is 10.1. The highest BCUT2D eigenvalue weighted by Crippen LogP contribution is 2.29. The van der Waals surface area contributed by atoms with Crippen LogP contribution in [-0.2, 0) is 22.7 Å². The summed E-state index contributed by atoms with van der Waals surface area (Å²) < 4.78 is 5.63. The maximum Gasteiger partial charge on any atom is 0.246 e. The number of anilines is 1. The molecule has 1 aliphatic rings. The van der Waals surface area contributed by atoms with E-state index in [1.54, 1.807) is 30.3 Å². The topological polar surface area (TPSA) is 74.8 Å². The van der Waals surface area contributed by atoms with E-state index in [1.165, 1.54) is 6.08 Å². The Bertz CT molecular complexity index is 977. The second-order valence-corrected chi connectivity index (χ2v) is 7.59. The zero-order valence-corrected chi connectivity index (χ0v) is 18.1. The molecule has 30 heavy (non-hydrogen) atoms. The van der Waals surface area contributed by atoms with Gasteiger partial charge in [0.1, 0.15) is 11.6 Å². The molecule has 158 valence electrons. The number of likely N-dealkylation sites (N-methyl/N-ethyl adjacent to an activating group) is 2. The van der Waals surface area contributed by atoms with Crippen LogP contribution in [0.5, 0.6) is 5.75 Å². The lowest BCUT2D eigenvalue weighted by Gasteiger charge is -2.18. The van der Waals surface area contributed by atoms with Gasteiger partial charge in [0.15, 0.2) is 0 Å². The number of carbonyl (C=O) groups excluding carboxylic acids is 2. The first kappa shape index (κ1) is 21.8. The van der Waals surface area contributed by atoms with Gasteiger partial charge in [0.05, 0.1) is 18.2 Å². The summed E-state index contributed by atoms with van der Waals surface area (Å²) in [6.45, 7) is 3.68. The molecule has 2 aromatic rings. The fourth-order valence-corrected chi connectivity index (χ4v) is 3.48. The van der Waals surface area contributed by atoms with Crippen molar-refractivity contribution < 1.29 is 14.3 Å². The zero-order valence-electron chi connectivity index (χ0n) is 17.3. The van der Waals surface area contributed by atoms with Crippen LogP contribution in [-0.4, -0.2) is 53.8 Å². The summed E-state index contributed by atoms with van der Waals surface area (Å²) in [7, 11) is 3.60. The molecular formula is C22H25ClN4O3. The summed E-state index contributed by atoms with van der Waals surface area (Å²) in [5.41, 5.74) is 2.54. The third-order valence-corrected chi connectivity index (χ3v) is 4.94. The maximum atomic E-state index is 12.6. The van der Waals surface area contributed by atoms with Crippen molar-refractivity contribution in [2.24, 2.45) is 0 Å². The number of hydrogen-bond acceptors (Lipinski definition) is 5. The average molecular weight is 429 g/mol. The van der Waals surface area contributed by atoms with Crippen LogP contribution in [0.15, 0.2) is 36.5 Å². The zero-order chi connectivity index (χ0) is 21.7. The second kappa shape index (κ2) is 9.73. The molecule has 3 rings (SSSR count). The van der Waals surface area contributed by atoms with Crippen molar-refractivity contribution >= 4 is 35.3 Å². The van der Waals surface area contributed by atoms with E-state index in [4.69, 9.17) is 16.3 Å². The normalized spacial score (nSPS) is 14.2. The van der Waals surface area contributed by atoms with Crippen molar-refractivity contribution in [1.82, 2.24) is 14.8 Å². The van der Waals surface area contributed by atoms with Gasteiger partial charge in [0.25, 0.3) is 0 Å². The van der Waals surface area contributed by atoms with E-state index >= 15 is 0 Å². The van der Waals surface area contributed by atoms with Gasteiger partial charge in [-0.3, -0.25) is 14.5 Å². The highest BCUT2D eigenvalue weighted by atomic mass is 35.5. The molecule has 1 N–H and O–H groups in total. The molecule has 7 nitrogen and oxygen atoms in total. The van der Waals surface area contributed by atoms with E-state index in [0.717, 1.165) is 16.7 Å². The number of amides is 2. The molecule has 1 aliphatic heterocycles. The fourth-order valence-electron chi connectivity index (χ4n) is 3.23. The van der Waals surface area contributed by atoms with Crippen LogP contribution in [0, 0.1) is 0 Å². The third-order valence-electron chi connectivity index (χ3n) is 4.64. The van der Waals surface area contributed by atoms with Gasteiger partial charge in [-0.15, -0.1) is 0 Å². The molecule has 2 amide bonds. The van der Waals surface area contributed by atoms with Crippen LogP contribution in [0.25, 0.3) is 6.08 Å². The Labute approximate surface area is 181 Å². The number of pyridine rings is 1. The Morgan fingerprint density at radius 3 is 2.97 bits per heavy atom. The molecule has 0 unspecified atom stereocenters. The molecule has 8 heteroatoms. The van der Waals surface area contributed by atoms with Crippen LogP contribution >= 0.6 is 11.6 Å². The van der Waals surface area contributed by atoms with Crippen molar-refractivity contribution in [2.75, 3.05) is 32.6 Å². The largest absolute Gasteiger partial charge is 0.492 e. The number of fused-ring (bicyclic) bond motifs is 1. The molecule has 0 radical (unpaired) electrons. The van der Waals surface area contributed by atoms with Crippen LogP contribution in [0.2, 0.25) is 5.02 Å². The summed E-state index contributed by atoms with van der Waals surface area (Å²) in [6, 6.07) is 7.43. The maximum absolute atomic E-state index is 12.6. The lowest BCUT2D eigenvalue weighted by molar-refractivity contribution is -0.125. The van der Waals surface area contributed by atoms with Gasteiger partial charge in [0, 0.05) is 43.5 Å². The quantitative estimate of drug-likeness (QED) is 0.715. The summed E-state index contributed by atoms with van der Waals surface area (Å²) in [5, 5.41) is 3.32. The first-order valence-corrected chi connectivity index (χ1v) is 10.1. The number of halogens is 1. The molecule has 0 spiro atoms. The molecule has 2 heterocycles. The van der Waals surface area contributed by atoms with Gasteiger partial charge < -0.3 is 15.0 Å². The SMILES string of the molecule is CCOc1c(Cl)cccc1CN(C)C(=O)/C=C/c1cnc2c(c1)CN(C)CC(=O)N2. The van der Waals surface area contributed by atoms with Crippen LogP contribution < -0.4 is 10.1 Å². The Morgan fingerprint density at radius 2 is 2.20 bits per heavy atom. The van der Waals surface area contributed by atoms with E-state index in [-0.39, 0.29) is 11.8 Å². The Hall–Kier alpha value is -2.90. The van der Waals surface area contributed by atoms with E-state index in [0.29, 0.717) is 42.8 Å².